The Balaban J connectivity index is 1.62. The fourth-order valence-electron chi connectivity index (χ4n) is 3.14. The number of nitrogens with zero attached hydrogens (tertiary/aromatic N) is 3. The molecule has 6 heteroatoms. The lowest BCUT2D eigenvalue weighted by atomic mass is 9.89. The van der Waals surface area contributed by atoms with E-state index in [0.29, 0.717) is 0 Å². The Bertz CT molecular complexity index is 381. The van der Waals surface area contributed by atoms with Crippen molar-refractivity contribution in [3.05, 3.63) is 11.6 Å². The average Bonchev–Trinajstić information content (AvgIpc) is 3.02. The minimum atomic E-state index is 0.278. The van der Waals surface area contributed by atoms with Gasteiger partial charge in [0.25, 0.3) is 0 Å². The molecule has 2 N–H and O–H groups in total. The lowest BCUT2D eigenvalue weighted by Crippen LogP contribution is -2.61. The molecule has 0 unspecified atom stereocenters. The molecule has 1 aromatic heterocycles. The summed E-state index contributed by atoms with van der Waals surface area (Å²) in [5.74, 6) is 2.54. The Labute approximate surface area is 123 Å². The predicted molar refractivity (Wildman–Crippen MR) is 84.2 cm³/mol. The number of thioether (sulfide) groups is 1. The minimum absolute atomic E-state index is 0.278. The van der Waals surface area contributed by atoms with Crippen molar-refractivity contribution in [1.29, 1.82) is 0 Å². The summed E-state index contributed by atoms with van der Waals surface area (Å²) >= 11 is 3.81. The summed E-state index contributed by atoms with van der Waals surface area (Å²) in [6.45, 7) is 5.23. The zero-order valence-corrected chi connectivity index (χ0v) is 12.9. The first-order chi connectivity index (χ1) is 9.34. The Morgan fingerprint density at radius 1 is 1.21 bits per heavy atom. The summed E-state index contributed by atoms with van der Waals surface area (Å²) in [5, 5.41) is 3.22. The van der Waals surface area contributed by atoms with Gasteiger partial charge in [-0.2, -0.15) is 11.8 Å². The number of hydrogen-bond acceptors (Lipinski definition) is 6. The molecule has 2 fully saturated rings. The lowest BCUT2D eigenvalue weighted by molar-refractivity contribution is 0.0783. The van der Waals surface area contributed by atoms with Crippen LogP contribution >= 0.6 is 23.1 Å². The van der Waals surface area contributed by atoms with E-state index >= 15 is 0 Å². The van der Waals surface area contributed by atoms with E-state index in [0.717, 1.165) is 32.7 Å². The molecule has 2 aliphatic rings. The highest BCUT2D eigenvalue weighted by Gasteiger charge is 2.38. The molecule has 2 saturated heterocycles. The van der Waals surface area contributed by atoms with Crippen molar-refractivity contribution in [1.82, 2.24) is 9.88 Å². The molecule has 106 valence electrons. The third-order valence-corrected chi connectivity index (χ3v) is 6.26. The van der Waals surface area contributed by atoms with Gasteiger partial charge in [0.15, 0.2) is 5.13 Å². The van der Waals surface area contributed by atoms with Crippen LogP contribution in [-0.4, -0.2) is 59.7 Å². The fourth-order valence-corrected chi connectivity index (χ4v) is 5.09. The molecule has 0 aromatic carbocycles. The van der Waals surface area contributed by atoms with Crippen LogP contribution in [0.15, 0.2) is 11.6 Å². The van der Waals surface area contributed by atoms with Gasteiger partial charge < -0.3 is 10.6 Å². The number of thiazole rings is 1. The first-order valence-electron chi connectivity index (χ1n) is 7.01. The standard InChI is InChI=1S/C13H22N4S2/c14-11-13(1-8-18-9-2-13)17-6-4-16(5-7-17)12-15-3-10-19-12/h3,10H,1-2,4-9,11,14H2. The van der Waals surface area contributed by atoms with Gasteiger partial charge in [-0.1, -0.05) is 0 Å². The van der Waals surface area contributed by atoms with E-state index in [4.69, 9.17) is 5.73 Å². The Kier molecular flexibility index (Phi) is 4.31. The molecule has 0 spiro atoms. The summed E-state index contributed by atoms with van der Waals surface area (Å²) in [5.41, 5.74) is 6.40. The molecule has 0 saturated carbocycles. The van der Waals surface area contributed by atoms with Crippen LogP contribution in [0.2, 0.25) is 0 Å². The highest BCUT2D eigenvalue weighted by Crippen LogP contribution is 2.33. The average molecular weight is 298 g/mol. The Morgan fingerprint density at radius 2 is 1.95 bits per heavy atom. The summed E-state index contributed by atoms with van der Waals surface area (Å²) < 4.78 is 0. The SMILES string of the molecule is NCC1(N2CCN(c3nccs3)CC2)CCSCC1. The number of anilines is 1. The maximum absolute atomic E-state index is 6.12. The highest BCUT2D eigenvalue weighted by molar-refractivity contribution is 7.99. The van der Waals surface area contributed by atoms with Crippen molar-refractivity contribution in [2.45, 2.75) is 18.4 Å². The van der Waals surface area contributed by atoms with Gasteiger partial charge in [-0.15, -0.1) is 11.3 Å². The van der Waals surface area contributed by atoms with Gasteiger partial charge in [0.05, 0.1) is 0 Å². The molecule has 0 radical (unpaired) electrons. The highest BCUT2D eigenvalue weighted by atomic mass is 32.2. The first-order valence-corrected chi connectivity index (χ1v) is 9.05. The number of hydrogen-bond donors (Lipinski definition) is 1. The van der Waals surface area contributed by atoms with Crippen molar-refractivity contribution in [2.24, 2.45) is 5.73 Å². The molecule has 0 bridgehead atoms. The van der Waals surface area contributed by atoms with Gasteiger partial charge in [0, 0.05) is 49.8 Å². The molecular weight excluding hydrogens is 276 g/mol. The van der Waals surface area contributed by atoms with E-state index in [1.807, 2.05) is 6.20 Å². The molecule has 0 aliphatic carbocycles. The van der Waals surface area contributed by atoms with E-state index in [1.165, 1.54) is 29.5 Å². The Hall–Kier alpha value is -0.300. The van der Waals surface area contributed by atoms with Gasteiger partial charge in [-0.05, 0) is 24.3 Å². The Morgan fingerprint density at radius 3 is 2.53 bits per heavy atom. The van der Waals surface area contributed by atoms with Gasteiger partial charge in [0.2, 0.25) is 0 Å². The number of aromatic nitrogens is 1. The topological polar surface area (TPSA) is 45.4 Å². The van der Waals surface area contributed by atoms with Crippen LogP contribution in [0.5, 0.6) is 0 Å². The van der Waals surface area contributed by atoms with Gasteiger partial charge >= 0.3 is 0 Å². The second kappa shape index (κ2) is 5.99. The van der Waals surface area contributed by atoms with Crippen LogP contribution in [0.25, 0.3) is 0 Å². The van der Waals surface area contributed by atoms with Crippen molar-refractivity contribution in [3.63, 3.8) is 0 Å². The summed E-state index contributed by atoms with van der Waals surface area (Å²) in [6.07, 6.45) is 4.41. The summed E-state index contributed by atoms with van der Waals surface area (Å²) in [4.78, 5) is 9.47. The zero-order valence-electron chi connectivity index (χ0n) is 11.3. The molecule has 0 atom stereocenters. The number of piperazine rings is 1. The van der Waals surface area contributed by atoms with Crippen LogP contribution < -0.4 is 10.6 Å². The van der Waals surface area contributed by atoms with Crippen molar-refractivity contribution >= 4 is 28.2 Å². The van der Waals surface area contributed by atoms with Crippen LogP contribution in [-0.2, 0) is 0 Å². The third kappa shape index (κ3) is 2.77. The van der Waals surface area contributed by atoms with Crippen molar-refractivity contribution in [2.75, 3.05) is 49.1 Å². The van der Waals surface area contributed by atoms with E-state index in [2.05, 4.69) is 31.9 Å². The maximum Gasteiger partial charge on any atom is 0.185 e. The predicted octanol–water partition coefficient (Wildman–Crippen LogP) is 1.49. The smallest absolute Gasteiger partial charge is 0.185 e. The zero-order chi connectivity index (χ0) is 13.1. The quantitative estimate of drug-likeness (QED) is 0.916. The molecule has 0 amide bonds. The van der Waals surface area contributed by atoms with Gasteiger partial charge in [-0.25, -0.2) is 4.98 Å². The second-order valence-electron chi connectivity index (χ2n) is 5.33. The first kappa shape index (κ1) is 13.7. The summed E-state index contributed by atoms with van der Waals surface area (Å²) in [7, 11) is 0. The van der Waals surface area contributed by atoms with Gasteiger partial charge in [0.1, 0.15) is 0 Å². The molecule has 2 aliphatic heterocycles. The number of nitrogens with two attached hydrogens (primary N) is 1. The van der Waals surface area contributed by atoms with Crippen LogP contribution in [0.3, 0.4) is 0 Å². The van der Waals surface area contributed by atoms with Crippen molar-refractivity contribution < 1.29 is 0 Å². The third-order valence-electron chi connectivity index (χ3n) is 4.44. The van der Waals surface area contributed by atoms with Crippen LogP contribution in [0.1, 0.15) is 12.8 Å². The monoisotopic (exact) mass is 298 g/mol. The lowest BCUT2D eigenvalue weighted by Gasteiger charge is -2.49. The largest absolute Gasteiger partial charge is 0.346 e. The van der Waals surface area contributed by atoms with E-state index in [9.17, 15) is 0 Å². The van der Waals surface area contributed by atoms with Crippen LogP contribution in [0, 0.1) is 0 Å². The van der Waals surface area contributed by atoms with E-state index < -0.39 is 0 Å². The van der Waals surface area contributed by atoms with Crippen LogP contribution in [0.4, 0.5) is 5.13 Å². The second-order valence-corrected chi connectivity index (χ2v) is 7.43. The molecule has 3 heterocycles. The minimum Gasteiger partial charge on any atom is -0.346 e. The maximum atomic E-state index is 6.12. The van der Waals surface area contributed by atoms with Crippen molar-refractivity contribution in [3.8, 4) is 0 Å². The molecule has 3 rings (SSSR count). The van der Waals surface area contributed by atoms with Gasteiger partial charge in [-0.3, -0.25) is 4.90 Å². The normalized spacial score (nSPS) is 24.6. The number of rotatable bonds is 3. The molecular formula is C13H22N4S2. The fraction of sp³-hybridized carbons (Fsp3) is 0.769. The molecule has 4 nitrogen and oxygen atoms in total. The summed E-state index contributed by atoms with van der Waals surface area (Å²) in [6, 6.07) is 0. The van der Waals surface area contributed by atoms with E-state index in [-0.39, 0.29) is 5.54 Å². The molecule has 19 heavy (non-hydrogen) atoms. The molecule has 1 aromatic rings. The van der Waals surface area contributed by atoms with E-state index in [1.54, 1.807) is 11.3 Å².